The second-order valence-corrected chi connectivity index (χ2v) is 9.30. The summed E-state index contributed by atoms with van der Waals surface area (Å²) in [4.78, 5) is 13.1. The van der Waals surface area contributed by atoms with E-state index in [4.69, 9.17) is 9.47 Å². The van der Waals surface area contributed by atoms with Crippen molar-refractivity contribution in [2.45, 2.75) is 37.0 Å². The number of methoxy groups -OCH3 is 1. The lowest BCUT2D eigenvalue weighted by Gasteiger charge is -2.26. The fraction of sp³-hybridized carbons (Fsp3) is 0.435. The van der Waals surface area contributed by atoms with Crippen LogP contribution in [0.2, 0.25) is 0 Å². The molecule has 0 amide bonds. The molecule has 0 bridgehead atoms. The molecule has 2 aromatic carbocycles. The van der Waals surface area contributed by atoms with Crippen molar-refractivity contribution in [3.63, 3.8) is 0 Å². The summed E-state index contributed by atoms with van der Waals surface area (Å²) >= 11 is 0. The standard InChI is InChI=1S/C23H27FN2O4S/c1-14-8-10-30-22-18(14)4-5-19(21(22)23(27)29-2)26-31(28)20-6-3-17(24)12-16(20)11-15-7-9-25-13-15/h3-6,12,14-15,25-26H,7-11,13H2,1-2H3. The summed E-state index contributed by atoms with van der Waals surface area (Å²) in [5, 5.41) is 3.30. The molecule has 3 atom stereocenters. The van der Waals surface area contributed by atoms with E-state index >= 15 is 0 Å². The molecular formula is C23H27FN2O4S. The zero-order valence-corrected chi connectivity index (χ0v) is 18.5. The number of hydrogen-bond donors (Lipinski definition) is 2. The molecule has 2 N–H and O–H groups in total. The summed E-state index contributed by atoms with van der Waals surface area (Å²) in [6.45, 7) is 4.38. The molecule has 1 fully saturated rings. The van der Waals surface area contributed by atoms with Crippen molar-refractivity contribution in [3.05, 3.63) is 52.8 Å². The lowest BCUT2D eigenvalue weighted by atomic mass is 9.92. The third-order valence-corrected chi connectivity index (χ3v) is 7.20. The van der Waals surface area contributed by atoms with Crippen LogP contribution in [0.15, 0.2) is 35.2 Å². The van der Waals surface area contributed by atoms with Crippen molar-refractivity contribution in [1.82, 2.24) is 5.32 Å². The number of esters is 1. The van der Waals surface area contributed by atoms with E-state index in [1.807, 2.05) is 6.07 Å². The predicted molar refractivity (Wildman–Crippen MR) is 117 cm³/mol. The molecule has 3 unspecified atom stereocenters. The van der Waals surface area contributed by atoms with Gasteiger partial charge in [0.15, 0.2) is 11.0 Å². The number of anilines is 1. The lowest BCUT2D eigenvalue weighted by Crippen LogP contribution is -2.19. The van der Waals surface area contributed by atoms with Gasteiger partial charge in [-0.25, -0.2) is 13.4 Å². The van der Waals surface area contributed by atoms with Crippen LogP contribution >= 0.6 is 0 Å². The Bertz CT molecular complexity index is 1010. The second kappa shape index (κ2) is 9.36. The first kappa shape index (κ1) is 21.8. The Balaban J connectivity index is 1.67. The average molecular weight is 447 g/mol. The lowest BCUT2D eigenvalue weighted by molar-refractivity contribution is 0.0596. The summed E-state index contributed by atoms with van der Waals surface area (Å²) in [5.41, 5.74) is 2.25. The second-order valence-electron chi connectivity index (χ2n) is 8.12. The zero-order chi connectivity index (χ0) is 22.0. The highest BCUT2D eigenvalue weighted by atomic mass is 32.2. The monoisotopic (exact) mass is 446 g/mol. The number of nitrogens with one attached hydrogen (secondary N) is 2. The van der Waals surface area contributed by atoms with Gasteiger partial charge in [-0.3, -0.25) is 0 Å². The molecule has 166 valence electrons. The Morgan fingerprint density at radius 1 is 1.32 bits per heavy atom. The Morgan fingerprint density at radius 2 is 2.16 bits per heavy atom. The molecule has 0 radical (unpaired) electrons. The number of hydrogen-bond acceptors (Lipinski definition) is 5. The molecule has 1 saturated heterocycles. The van der Waals surface area contributed by atoms with Crippen LogP contribution in [0.5, 0.6) is 5.75 Å². The van der Waals surface area contributed by atoms with E-state index in [2.05, 4.69) is 17.0 Å². The minimum absolute atomic E-state index is 0.239. The van der Waals surface area contributed by atoms with Crippen LogP contribution < -0.4 is 14.8 Å². The summed E-state index contributed by atoms with van der Waals surface area (Å²) in [5.74, 6) is 0.191. The van der Waals surface area contributed by atoms with Gasteiger partial charge in [0.2, 0.25) is 0 Å². The SMILES string of the molecule is COC(=O)c1c(NS(=O)c2ccc(F)cc2CC2CCNC2)ccc2c1OCCC2C. The van der Waals surface area contributed by atoms with Crippen molar-refractivity contribution >= 4 is 22.6 Å². The molecule has 0 saturated carbocycles. The Hall–Kier alpha value is -2.45. The Kier molecular flexibility index (Phi) is 6.57. The van der Waals surface area contributed by atoms with Gasteiger partial charge in [-0.1, -0.05) is 13.0 Å². The van der Waals surface area contributed by atoms with Crippen molar-refractivity contribution in [2.75, 3.05) is 31.5 Å². The van der Waals surface area contributed by atoms with Gasteiger partial charge < -0.3 is 19.5 Å². The van der Waals surface area contributed by atoms with Crippen LogP contribution in [-0.4, -0.2) is 37.0 Å². The highest BCUT2D eigenvalue weighted by Crippen LogP contribution is 2.40. The quantitative estimate of drug-likeness (QED) is 0.661. The largest absolute Gasteiger partial charge is 0.492 e. The molecule has 6 nitrogen and oxygen atoms in total. The maximum atomic E-state index is 13.9. The highest BCUT2D eigenvalue weighted by Gasteiger charge is 2.28. The number of ether oxygens (including phenoxy) is 2. The Morgan fingerprint density at radius 3 is 2.90 bits per heavy atom. The van der Waals surface area contributed by atoms with E-state index in [-0.39, 0.29) is 17.3 Å². The van der Waals surface area contributed by atoms with Gasteiger partial charge in [-0.15, -0.1) is 0 Å². The van der Waals surface area contributed by atoms with Crippen LogP contribution in [0.4, 0.5) is 10.1 Å². The van der Waals surface area contributed by atoms with E-state index in [1.54, 1.807) is 12.1 Å². The van der Waals surface area contributed by atoms with E-state index in [0.29, 0.717) is 40.8 Å². The smallest absolute Gasteiger partial charge is 0.343 e. The van der Waals surface area contributed by atoms with E-state index in [1.165, 1.54) is 19.2 Å². The molecule has 2 aromatic rings. The molecule has 4 rings (SSSR count). The van der Waals surface area contributed by atoms with E-state index < -0.39 is 17.0 Å². The van der Waals surface area contributed by atoms with Crippen LogP contribution in [0, 0.1) is 11.7 Å². The molecule has 8 heteroatoms. The fourth-order valence-corrected chi connectivity index (χ4v) is 5.32. The maximum Gasteiger partial charge on any atom is 0.343 e. The number of rotatable bonds is 6. The van der Waals surface area contributed by atoms with Crippen molar-refractivity contribution < 1.29 is 22.9 Å². The Labute approximate surface area is 184 Å². The average Bonchev–Trinajstić information content (AvgIpc) is 3.26. The molecule has 0 aromatic heterocycles. The van der Waals surface area contributed by atoms with Crippen molar-refractivity contribution in [2.24, 2.45) is 5.92 Å². The molecule has 31 heavy (non-hydrogen) atoms. The van der Waals surface area contributed by atoms with Gasteiger partial charge in [0.05, 0.1) is 24.3 Å². The topological polar surface area (TPSA) is 76.7 Å². The molecule has 2 aliphatic rings. The van der Waals surface area contributed by atoms with Gasteiger partial charge >= 0.3 is 5.97 Å². The van der Waals surface area contributed by atoms with Crippen LogP contribution in [0.1, 0.15) is 47.2 Å². The van der Waals surface area contributed by atoms with Gasteiger partial charge in [0.25, 0.3) is 0 Å². The zero-order valence-electron chi connectivity index (χ0n) is 17.7. The molecule has 0 aliphatic carbocycles. The summed E-state index contributed by atoms with van der Waals surface area (Å²) in [6, 6.07) is 7.93. The third kappa shape index (κ3) is 4.60. The summed E-state index contributed by atoms with van der Waals surface area (Å²) in [6.07, 6.45) is 2.51. The molecule has 0 spiro atoms. The van der Waals surface area contributed by atoms with Gasteiger partial charge in [-0.05, 0) is 79.6 Å². The van der Waals surface area contributed by atoms with E-state index in [9.17, 15) is 13.4 Å². The highest BCUT2D eigenvalue weighted by molar-refractivity contribution is 7.86. The number of carbonyl (C=O) groups excluding carboxylic acids is 1. The number of carbonyl (C=O) groups is 1. The molecule has 2 heterocycles. The van der Waals surface area contributed by atoms with Gasteiger partial charge in [0, 0.05) is 0 Å². The first-order valence-corrected chi connectivity index (χ1v) is 11.7. The first-order valence-electron chi connectivity index (χ1n) is 10.5. The number of fused-ring (bicyclic) bond motifs is 1. The van der Waals surface area contributed by atoms with E-state index in [0.717, 1.165) is 31.5 Å². The normalized spacial score (nSPS) is 21.1. The molecular weight excluding hydrogens is 419 g/mol. The number of benzene rings is 2. The fourth-order valence-electron chi connectivity index (χ4n) is 4.27. The van der Waals surface area contributed by atoms with Crippen LogP contribution in [0.3, 0.4) is 0 Å². The van der Waals surface area contributed by atoms with Crippen molar-refractivity contribution in [1.29, 1.82) is 0 Å². The first-order chi connectivity index (χ1) is 15.0. The predicted octanol–water partition coefficient (Wildman–Crippen LogP) is 3.79. The maximum absolute atomic E-state index is 13.9. The summed E-state index contributed by atoms with van der Waals surface area (Å²) < 4.78 is 41.0. The summed E-state index contributed by atoms with van der Waals surface area (Å²) in [7, 11) is -0.385. The van der Waals surface area contributed by atoms with Crippen molar-refractivity contribution in [3.8, 4) is 5.75 Å². The minimum Gasteiger partial charge on any atom is -0.492 e. The molecule has 2 aliphatic heterocycles. The van der Waals surface area contributed by atoms with Crippen LogP contribution in [-0.2, 0) is 22.1 Å². The number of halogens is 1. The minimum atomic E-state index is -1.69. The van der Waals surface area contributed by atoms with Gasteiger partial charge in [-0.2, -0.15) is 0 Å². The van der Waals surface area contributed by atoms with Crippen LogP contribution in [0.25, 0.3) is 0 Å². The third-order valence-electron chi connectivity index (χ3n) is 6.00. The van der Waals surface area contributed by atoms with Gasteiger partial charge in [0.1, 0.15) is 17.1 Å².